The van der Waals surface area contributed by atoms with Crippen molar-refractivity contribution in [2.45, 2.75) is 0 Å². The van der Waals surface area contributed by atoms with Gasteiger partial charge in [0.25, 0.3) is 11.6 Å². The van der Waals surface area contributed by atoms with Gasteiger partial charge in [-0.1, -0.05) is 24.3 Å². The number of non-ortho nitro benzene ring substituents is 1. The highest BCUT2D eigenvalue weighted by Gasteiger charge is 2.20. The van der Waals surface area contributed by atoms with Gasteiger partial charge in [-0.25, -0.2) is 4.98 Å². The topological polar surface area (TPSA) is 140 Å². The summed E-state index contributed by atoms with van der Waals surface area (Å²) in [7, 11) is 0. The van der Waals surface area contributed by atoms with E-state index >= 15 is 0 Å². The molecule has 0 aliphatic heterocycles. The van der Waals surface area contributed by atoms with Gasteiger partial charge in [0, 0.05) is 11.5 Å². The summed E-state index contributed by atoms with van der Waals surface area (Å²) in [5.74, 6) is -0.608. The van der Waals surface area contributed by atoms with Gasteiger partial charge < -0.3 is 0 Å². The maximum atomic E-state index is 12.2. The lowest BCUT2D eigenvalue weighted by Gasteiger charge is -2.09. The van der Waals surface area contributed by atoms with Gasteiger partial charge in [0.15, 0.2) is 0 Å². The molecular formula is C16H11N5O5. The van der Waals surface area contributed by atoms with Crippen LogP contribution in [0.4, 0.5) is 17.1 Å². The number of carbonyl (C=O) groups excluding carboxylic acids is 1. The number of nitrogens with zero attached hydrogens (tertiary/aromatic N) is 3. The van der Waals surface area contributed by atoms with Crippen LogP contribution in [-0.2, 0) is 0 Å². The van der Waals surface area contributed by atoms with E-state index in [-0.39, 0.29) is 11.4 Å². The summed E-state index contributed by atoms with van der Waals surface area (Å²) < 4.78 is 0. The highest BCUT2D eigenvalue weighted by molar-refractivity contribution is 5.95. The van der Waals surface area contributed by atoms with Crippen LogP contribution in [0.25, 0.3) is 10.9 Å². The van der Waals surface area contributed by atoms with Crippen molar-refractivity contribution in [1.29, 1.82) is 0 Å². The van der Waals surface area contributed by atoms with Gasteiger partial charge in [-0.3, -0.25) is 35.9 Å². The van der Waals surface area contributed by atoms with Crippen molar-refractivity contribution < 1.29 is 14.6 Å². The molecule has 0 radical (unpaired) electrons. The molecule has 10 heteroatoms. The van der Waals surface area contributed by atoms with E-state index in [1.54, 1.807) is 18.2 Å². The first-order chi connectivity index (χ1) is 12.5. The van der Waals surface area contributed by atoms with Gasteiger partial charge in [-0.15, -0.1) is 0 Å². The predicted molar refractivity (Wildman–Crippen MR) is 92.6 cm³/mol. The van der Waals surface area contributed by atoms with Crippen molar-refractivity contribution >= 4 is 33.9 Å². The number of hydrazine groups is 1. The second-order valence-electron chi connectivity index (χ2n) is 5.18. The molecule has 2 N–H and O–H groups in total. The van der Waals surface area contributed by atoms with Gasteiger partial charge >= 0.3 is 5.69 Å². The minimum atomic E-state index is -0.782. The lowest BCUT2D eigenvalue weighted by molar-refractivity contribution is -0.393. The molecule has 2 aromatic carbocycles. The van der Waals surface area contributed by atoms with Crippen LogP contribution in [0.15, 0.2) is 54.6 Å². The minimum absolute atomic E-state index is 0.0882. The number of amides is 1. The van der Waals surface area contributed by atoms with Gasteiger partial charge in [0.05, 0.1) is 21.4 Å². The van der Waals surface area contributed by atoms with E-state index < -0.39 is 27.1 Å². The largest absolute Gasteiger partial charge is 0.300 e. The molecule has 26 heavy (non-hydrogen) atoms. The second-order valence-corrected chi connectivity index (χ2v) is 5.18. The number of para-hydroxylation sites is 1. The van der Waals surface area contributed by atoms with Gasteiger partial charge in [-0.05, 0) is 18.2 Å². The molecule has 3 rings (SSSR count). The van der Waals surface area contributed by atoms with Crippen LogP contribution in [0.1, 0.15) is 10.5 Å². The summed E-state index contributed by atoms with van der Waals surface area (Å²) in [6, 6.07) is 13.5. The van der Waals surface area contributed by atoms with Crippen molar-refractivity contribution in [2.75, 3.05) is 5.43 Å². The van der Waals surface area contributed by atoms with Crippen molar-refractivity contribution in [2.24, 2.45) is 0 Å². The number of nitro groups is 2. The van der Waals surface area contributed by atoms with Gasteiger partial charge in [-0.2, -0.15) is 0 Å². The number of pyridine rings is 1. The van der Waals surface area contributed by atoms with E-state index in [4.69, 9.17) is 0 Å². The zero-order chi connectivity index (χ0) is 18.7. The molecule has 1 aromatic heterocycles. The molecule has 3 aromatic rings. The van der Waals surface area contributed by atoms with E-state index in [1.807, 2.05) is 12.1 Å². The summed E-state index contributed by atoms with van der Waals surface area (Å²) in [6.07, 6.45) is 0. The van der Waals surface area contributed by atoms with Crippen molar-refractivity contribution in [1.82, 2.24) is 10.4 Å². The normalized spacial score (nSPS) is 10.3. The number of nitro benzene ring substituents is 2. The van der Waals surface area contributed by atoms with Crippen LogP contribution in [0.2, 0.25) is 0 Å². The highest BCUT2D eigenvalue weighted by Crippen LogP contribution is 2.28. The smallest absolute Gasteiger partial charge is 0.292 e. The molecule has 0 saturated carbocycles. The predicted octanol–water partition coefficient (Wildman–Crippen LogP) is 2.81. The number of anilines is 1. The Morgan fingerprint density at radius 1 is 0.962 bits per heavy atom. The molecule has 1 heterocycles. The number of benzene rings is 2. The number of hydrogen-bond acceptors (Lipinski definition) is 7. The molecule has 0 bridgehead atoms. The van der Waals surface area contributed by atoms with Crippen molar-refractivity contribution in [3.63, 3.8) is 0 Å². The van der Waals surface area contributed by atoms with E-state index in [1.165, 1.54) is 6.07 Å². The van der Waals surface area contributed by atoms with Crippen LogP contribution in [0.5, 0.6) is 0 Å². The maximum absolute atomic E-state index is 12.2. The Balaban J connectivity index is 1.80. The zero-order valence-corrected chi connectivity index (χ0v) is 13.1. The van der Waals surface area contributed by atoms with Crippen LogP contribution >= 0.6 is 0 Å². The fourth-order valence-electron chi connectivity index (χ4n) is 2.27. The van der Waals surface area contributed by atoms with Gasteiger partial charge in [0.2, 0.25) is 0 Å². The molecule has 10 nitrogen and oxygen atoms in total. The second kappa shape index (κ2) is 6.81. The van der Waals surface area contributed by atoms with Gasteiger partial charge in [0.1, 0.15) is 11.4 Å². The van der Waals surface area contributed by atoms with Crippen molar-refractivity contribution in [3.8, 4) is 0 Å². The SMILES string of the molecule is O=C(NNc1ccc([N+](=O)[O-])cc1[N+](=O)[O-])c1ccc2ccccc2n1. The summed E-state index contributed by atoms with van der Waals surface area (Å²) in [5.41, 5.74) is 4.39. The van der Waals surface area contributed by atoms with E-state index in [0.29, 0.717) is 5.52 Å². The number of rotatable bonds is 5. The average molecular weight is 353 g/mol. The summed E-state index contributed by atoms with van der Waals surface area (Å²) in [6.45, 7) is 0. The van der Waals surface area contributed by atoms with E-state index in [2.05, 4.69) is 15.8 Å². The Kier molecular flexibility index (Phi) is 4.39. The lowest BCUT2D eigenvalue weighted by Crippen LogP contribution is -2.30. The molecule has 0 unspecified atom stereocenters. The molecule has 1 amide bonds. The van der Waals surface area contributed by atoms with Crippen LogP contribution in [0, 0.1) is 20.2 Å². The fraction of sp³-hybridized carbons (Fsp3) is 0. The number of carbonyl (C=O) groups is 1. The standard InChI is InChI=1S/C16H11N5O5/c22-16(14-7-5-10-3-1-2-4-12(10)17-14)19-18-13-8-6-11(20(23)24)9-15(13)21(25)26/h1-9,18H,(H,19,22). The Morgan fingerprint density at radius 2 is 1.73 bits per heavy atom. The Labute approximate surface area is 145 Å². The van der Waals surface area contributed by atoms with E-state index in [9.17, 15) is 25.0 Å². The molecule has 0 spiro atoms. The van der Waals surface area contributed by atoms with Crippen LogP contribution < -0.4 is 10.9 Å². The fourth-order valence-corrected chi connectivity index (χ4v) is 2.27. The highest BCUT2D eigenvalue weighted by atomic mass is 16.6. The molecule has 0 fully saturated rings. The molecule has 0 atom stereocenters. The third-order valence-electron chi connectivity index (χ3n) is 3.53. The Hall–Kier alpha value is -4.08. The Morgan fingerprint density at radius 3 is 2.46 bits per heavy atom. The number of fused-ring (bicyclic) bond motifs is 1. The van der Waals surface area contributed by atoms with Crippen LogP contribution in [0.3, 0.4) is 0 Å². The third-order valence-corrected chi connectivity index (χ3v) is 3.53. The molecule has 0 aliphatic rings. The summed E-state index contributed by atoms with van der Waals surface area (Å²) >= 11 is 0. The first-order valence-electron chi connectivity index (χ1n) is 7.30. The van der Waals surface area contributed by atoms with Crippen molar-refractivity contribution in [3.05, 3.63) is 80.5 Å². The first-order valence-corrected chi connectivity index (χ1v) is 7.30. The lowest BCUT2D eigenvalue weighted by atomic mass is 10.2. The number of hydrogen-bond donors (Lipinski definition) is 2. The number of aromatic nitrogens is 1. The molecule has 0 aliphatic carbocycles. The maximum Gasteiger partial charge on any atom is 0.300 e. The Bertz CT molecular complexity index is 1040. The first kappa shape index (κ1) is 16.8. The van der Waals surface area contributed by atoms with Crippen LogP contribution in [-0.4, -0.2) is 20.7 Å². The quantitative estimate of drug-likeness (QED) is 0.530. The zero-order valence-electron chi connectivity index (χ0n) is 13.1. The summed E-state index contributed by atoms with van der Waals surface area (Å²) in [4.78, 5) is 36.7. The molecule has 130 valence electrons. The summed E-state index contributed by atoms with van der Waals surface area (Å²) in [5, 5.41) is 22.7. The molecule has 0 saturated heterocycles. The number of nitrogens with one attached hydrogen (secondary N) is 2. The average Bonchev–Trinajstić information content (AvgIpc) is 2.65. The monoisotopic (exact) mass is 353 g/mol. The molecular weight excluding hydrogens is 342 g/mol. The minimum Gasteiger partial charge on any atom is -0.292 e. The van der Waals surface area contributed by atoms with E-state index in [0.717, 1.165) is 23.6 Å². The third kappa shape index (κ3) is 3.38.